The minimum absolute atomic E-state index is 0.00718. The van der Waals surface area contributed by atoms with Crippen molar-refractivity contribution >= 4 is 39.6 Å². The second-order valence-electron chi connectivity index (χ2n) is 15.3. The highest BCUT2D eigenvalue weighted by molar-refractivity contribution is 9.09. The molecular formula is C40H56BrN3O7. The number of halogens is 1. The molecule has 1 N–H and O–H groups in total. The Kier molecular flexibility index (Phi) is 12.9. The molecule has 280 valence electrons. The second kappa shape index (κ2) is 16.8. The van der Waals surface area contributed by atoms with Crippen LogP contribution in [-0.4, -0.2) is 104 Å². The predicted octanol–water partition coefficient (Wildman–Crippen LogP) is 5.59. The van der Waals surface area contributed by atoms with E-state index < -0.39 is 53.7 Å². The number of likely N-dealkylation sites (N-methyl/N-ethyl adjacent to an activating group) is 1. The fraction of sp³-hybridized carbons (Fsp3) is 0.650. The number of hydrogen-bond acceptors (Lipinski definition) is 7. The Bertz CT molecular complexity index is 1430. The quantitative estimate of drug-likeness (QED) is 0.133. The predicted molar refractivity (Wildman–Crippen MR) is 199 cm³/mol. The normalized spacial score (nSPS) is 29.0. The average molecular weight is 771 g/mol. The van der Waals surface area contributed by atoms with Crippen LogP contribution in [-0.2, 0) is 28.7 Å². The van der Waals surface area contributed by atoms with Crippen molar-refractivity contribution in [3.8, 4) is 0 Å². The largest absolute Gasteiger partial charge is 0.455 e. The van der Waals surface area contributed by atoms with E-state index in [9.17, 15) is 19.5 Å². The SMILES string of the molecule is C=CCCC(=O)N(C)[C@@H](C)[C@@H](OC(=O)[C@@H]1[C@H]2O[C@@]3(CC2Br)[C@H](C(=O)N(CC=C)C2CCCCC2)N([C@@H](CO)CC(C)C)C(=O)[C@@H]13)c1ccccc1. The molecule has 3 heterocycles. The van der Waals surface area contributed by atoms with Crippen molar-refractivity contribution < 1.29 is 33.8 Å². The van der Waals surface area contributed by atoms with Crippen LogP contribution in [0.2, 0.25) is 0 Å². The molecule has 1 aliphatic carbocycles. The Labute approximate surface area is 311 Å². The van der Waals surface area contributed by atoms with Gasteiger partial charge in [0.25, 0.3) is 0 Å². The number of fused-ring (bicyclic) bond motifs is 1. The molecule has 5 rings (SSSR count). The van der Waals surface area contributed by atoms with Crippen molar-refractivity contribution in [2.75, 3.05) is 20.2 Å². The lowest BCUT2D eigenvalue weighted by molar-refractivity contribution is -0.165. The Hall–Kier alpha value is -3.02. The van der Waals surface area contributed by atoms with Crippen LogP contribution < -0.4 is 0 Å². The van der Waals surface area contributed by atoms with Crippen LogP contribution in [0.3, 0.4) is 0 Å². The van der Waals surface area contributed by atoms with Gasteiger partial charge >= 0.3 is 5.97 Å². The van der Waals surface area contributed by atoms with E-state index in [1.54, 1.807) is 29.0 Å². The Morgan fingerprint density at radius 1 is 1.12 bits per heavy atom. The first-order valence-electron chi connectivity index (χ1n) is 18.7. The van der Waals surface area contributed by atoms with Crippen molar-refractivity contribution in [3.05, 3.63) is 61.2 Å². The number of ether oxygens (including phenoxy) is 2. The van der Waals surface area contributed by atoms with Gasteiger partial charge in [0.05, 0.1) is 36.6 Å². The third kappa shape index (κ3) is 7.58. The molecular weight excluding hydrogens is 714 g/mol. The minimum Gasteiger partial charge on any atom is -0.455 e. The summed E-state index contributed by atoms with van der Waals surface area (Å²) < 4.78 is 13.2. The van der Waals surface area contributed by atoms with Crippen LogP contribution in [0.5, 0.6) is 0 Å². The molecule has 0 aromatic heterocycles. The first-order valence-corrected chi connectivity index (χ1v) is 19.6. The van der Waals surface area contributed by atoms with Crippen molar-refractivity contribution in [1.29, 1.82) is 0 Å². The van der Waals surface area contributed by atoms with E-state index in [1.807, 2.05) is 56.0 Å². The summed E-state index contributed by atoms with van der Waals surface area (Å²) in [5, 5.41) is 10.7. The van der Waals surface area contributed by atoms with Gasteiger partial charge in [0.2, 0.25) is 17.7 Å². The van der Waals surface area contributed by atoms with Gasteiger partial charge in [0.15, 0.2) is 0 Å². The molecule has 4 aliphatic rings. The number of carbonyl (C=O) groups is 4. The van der Waals surface area contributed by atoms with Gasteiger partial charge in [0.1, 0.15) is 17.7 Å². The van der Waals surface area contributed by atoms with Crippen molar-refractivity contribution in [2.24, 2.45) is 17.8 Å². The van der Waals surface area contributed by atoms with Crippen molar-refractivity contribution in [3.63, 3.8) is 0 Å². The molecule has 11 heteroatoms. The molecule has 2 bridgehead atoms. The van der Waals surface area contributed by atoms with Gasteiger partial charge in [-0.15, -0.1) is 13.2 Å². The minimum atomic E-state index is -1.29. The zero-order valence-electron chi connectivity index (χ0n) is 30.6. The molecule has 4 fully saturated rings. The van der Waals surface area contributed by atoms with Crippen LogP contribution in [0.4, 0.5) is 0 Å². The van der Waals surface area contributed by atoms with Crippen molar-refractivity contribution in [1.82, 2.24) is 14.7 Å². The lowest BCUT2D eigenvalue weighted by Crippen LogP contribution is -2.60. The average Bonchev–Trinajstić information content (AvgIpc) is 3.73. The number of aliphatic hydroxyl groups excluding tert-OH is 1. The van der Waals surface area contributed by atoms with E-state index in [2.05, 4.69) is 29.1 Å². The van der Waals surface area contributed by atoms with E-state index >= 15 is 4.79 Å². The number of carbonyl (C=O) groups excluding carboxylic acids is 4. The summed E-state index contributed by atoms with van der Waals surface area (Å²) in [6, 6.07) is 7.12. The number of esters is 1. The Morgan fingerprint density at radius 2 is 1.80 bits per heavy atom. The number of likely N-dealkylation sites (tertiary alicyclic amines) is 1. The molecule has 0 radical (unpaired) electrons. The van der Waals surface area contributed by atoms with E-state index in [-0.39, 0.29) is 47.5 Å². The smallest absolute Gasteiger partial charge is 0.313 e. The molecule has 1 aromatic rings. The molecule has 1 aromatic carbocycles. The van der Waals surface area contributed by atoms with Gasteiger partial charge in [0, 0.05) is 30.9 Å². The molecule has 9 atom stereocenters. The number of benzene rings is 1. The van der Waals surface area contributed by atoms with E-state index in [0.717, 1.165) is 32.1 Å². The first kappa shape index (κ1) is 39.2. The summed E-state index contributed by atoms with van der Waals surface area (Å²) in [7, 11) is 1.70. The van der Waals surface area contributed by atoms with E-state index in [0.29, 0.717) is 31.4 Å². The number of alkyl halides is 1. The van der Waals surface area contributed by atoms with Crippen molar-refractivity contribution in [2.45, 2.75) is 125 Å². The van der Waals surface area contributed by atoms with Crippen LogP contribution in [0.25, 0.3) is 0 Å². The molecule has 10 nitrogen and oxygen atoms in total. The molecule has 1 unspecified atom stereocenters. The third-order valence-electron chi connectivity index (χ3n) is 11.6. The van der Waals surface area contributed by atoms with Gasteiger partial charge < -0.3 is 29.3 Å². The number of amides is 3. The maximum absolute atomic E-state index is 15.0. The number of nitrogens with zero attached hydrogens (tertiary/aromatic N) is 3. The highest BCUT2D eigenvalue weighted by atomic mass is 79.9. The topological polar surface area (TPSA) is 117 Å². The summed E-state index contributed by atoms with van der Waals surface area (Å²) in [6.07, 6.45) is 8.43. The van der Waals surface area contributed by atoms with Gasteiger partial charge in [-0.2, -0.15) is 0 Å². The van der Waals surface area contributed by atoms with Crippen LogP contribution in [0, 0.1) is 17.8 Å². The van der Waals surface area contributed by atoms with Gasteiger partial charge in [-0.1, -0.05) is 91.5 Å². The molecule has 1 spiro atoms. The summed E-state index contributed by atoms with van der Waals surface area (Å²) in [4.78, 5) is 62.3. The number of rotatable bonds is 16. The zero-order valence-corrected chi connectivity index (χ0v) is 32.2. The fourth-order valence-corrected chi connectivity index (χ4v) is 10.0. The Balaban J connectivity index is 1.53. The fourth-order valence-electron chi connectivity index (χ4n) is 9.06. The summed E-state index contributed by atoms with van der Waals surface area (Å²) in [6.45, 7) is 13.6. The van der Waals surface area contributed by atoms with Gasteiger partial charge in [-0.3, -0.25) is 19.2 Å². The molecule has 3 amide bonds. The van der Waals surface area contributed by atoms with Gasteiger partial charge in [-0.25, -0.2) is 0 Å². The molecule has 1 saturated carbocycles. The van der Waals surface area contributed by atoms with Gasteiger partial charge in [-0.05, 0) is 50.5 Å². The number of hydrogen-bond donors (Lipinski definition) is 1. The van der Waals surface area contributed by atoms with E-state index in [4.69, 9.17) is 9.47 Å². The highest BCUT2D eigenvalue weighted by Gasteiger charge is 2.77. The Morgan fingerprint density at radius 3 is 2.41 bits per heavy atom. The third-order valence-corrected chi connectivity index (χ3v) is 12.4. The summed E-state index contributed by atoms with van der Waals surface area (Å²) >= 11 is 3.78. The summed E-state index contributed by atoms with van der Waals surface area (Å²) in [5.41, 5.74) is -0.575. The standard InChI is InChI=1S/C40H56BrN3O7/c1-7-9-20-31(46)42(6)26(5)34(27-16-12-10-13-17-27)50-39(49)32-33-37(47)44(29(24-45)22-25(3)4)36(40(33)23-30(41)35(32)51-40)38(48)43(21-8-2)28-18-14-11-15-19-28/h7-8,10,12-13,16-17,25-26,28-30,32-36,45H,1-2,9,11,14-15,18-24H2,3-6H3/t26-,29+,30?,32-,33+,34+,35-,36-,40+/m0/s1. The highest BCUT2D eigenvalue weighted by Crippen LogP contribution is 2.61. The monoisotopic (exact) mass is 769 g/mol. The summed E-state index contributed by atoms with van der Waals surface area (Å²) in [5.74, 6) is -3.14. The lowest BCUT2D eigenvalue weighted by atomic mass is 9.70. The zero-order chi connectivity index (χ0) is 37.0. The molecule has 51 heavy (non-hydrogen) atoms. The van der Waals surface area contributed by atoms with Crippen LogP contribution in [0.15, 0.2) is 55.6 Å². The molecule has 3 aliphatic heterocycles. The number of allylic oxidation sites excluding steroid dienone is 1. The van der Waals surface area contributed by atoms with E-state index in [1.165, 1.54) is 0 Å². The lowest BCUT2D eigenvalue weighted by Gasteiger charge is -2.42. The van der Waals surface area contributed by atoms with Crippen LogP contribution in [0.1, 0.15) is 90.2 Å². The maximum Gasteiger partial charge on any atom is 0.313 e. The van der Waals surface area contributed by atoms with Crippen LogP contribution >= 0.6 is 15.9 Å². The maximum atomic E-state index is 15.0. The first-order chi connectivity index (χ1) is 24.4. The molecule has 3 saturated heterocycles. The second-order valence-corrected chi connectivity index (χ2v) is 16.5. The number of aliphatic hydroxyl groups is 1.